The second-order valence-corrected chi connectivity index (χ2v) is 5.71. The number of fused-ring (bicyclic) bond motifs is 1. The Hall–Kier alpha value is -1.75. The quantitative estimate of drug-likeness (QED) is 0.915. The van der Waals surface area contributed by atoms with Gasteiger partial charge in [-0.25, -0.2) is 0 Å². The van der Waals surface area contributed by atoms with Crippen LogP contribution in [0.5, 0.6) is 11.5 Å². The number of nitrogens with zero attached hydrogens (tertiary/aromatic N) is 2. The number of amides is 1. The van der Waals surface area contributed by atoms with Crippen LogP contribution < -0.4 is 4.74 Å². The van der Waals surface area contributed by atoms with Crippen molar-refractivity contribution in [2.75, 3.05) is 26.2 Å². The zero-order valence-electron chi connectivity index (χ0n) is 12.4. The molecule has 1 aromatic carbocycles. The minimum atomic E-state index is 0.240. The molecule has 2 aliphatic rings. The number of piperazine rings is 1. The predicted octanol–water partition coefficient (Wildman–Crippen LogP) is 1.60. The van der Waals surface area contributed by atoms with Crippen molar-refractivity contribution in [3.05, 3.63) is 23.8 Å². The summed E-state index contributed by atoms with van der Waals surface area (Å²) in [4.78, 5) is 16.0. The lowest BCUT2D eigenvalue weighted by Crippen LogP contribution is -2.50. The fourth-order valence-electron chi connectivity index (χ4n) is 3.28. The lowest BCUT2D eigenvalue weighted by Gasteiger charge is -2.37. The highest BCUT2D eigenvalue weighted by Gasteiger charge is 2.35. The molecule has 0 saturated carbocycles. The second-order valence-electron chi connectivity index (χ2n) is 5.71. The summed E-state index contributed by atoms with van der Waals surface area (Å²) >= 11 is 0. The van der Waals surface area contributed by atoms with Gasteiger partial charge in [-0.3, -0.25) is 9.69 Å². The topological polar surface area (TPSA) is 53.0 Å². The van der Waals surface area contributed by atoms with E-state index in [1.807, 2.05) is 24.0 Å². The molecule has 0 radical (unpaired) electrons. The van der Waals surface area contributed by atoms with Crippen molar-refractivity contribution in [3.8, 4) is 11.5 Å². The number of ether oxygens (including phenoxy) is 1. The molecule has 1 atom stereocenters. The van der Waals surface area contributed by atoms with Crippen molar-refractivity contribution in [1.29, 1.82) is 0 Å². The average Bonchev–Trinajstić information content (AvgIpc) is 2.85. The molecule has 114 valence electrons. The van der Waals surface area contributed by atoms with Gasteiger partial charge in [0.25, 0.3) is 0 Å². The fraction of sp³-hybridized carbons (Fsp3) is 0.562. The van der Waals surface area contributed by atoms with Crippen LogP contribution >= 0.6 is 0 Å². The van der Waals surface area contributed by atoms with Crippen molar-refractivity contribution in [2.45, 2.75) is 32.4 Å². The summed E-state index contributed by atoms with van der Waals surface area (Å²) in [6.07, 6.45) is 1.64. The Labute approximate surface area is 125 Å². The van der Waals surface area contributed by atoms with Gasteiger partial charge in [-0.1, -0.05) is 12.1 Å². The van der Waals surface area contributed by atoms with E-state index in [2.05, 4.69) is 4.90 Å². The zero-order chi connectivity index (χ0) is 14.8. The molecule has 21 heavy (non-hydrogen) atoms. The van der Waals surface area contributed by atoms with Crippen LogP contribution in [0, 0.1) is 0 Å². The summed E-state index contributed by atoms with van der Waals surface area (Å²) in [5, 5.41) is 10.3. The Bertz CT molecular complexity index is 532. The summed E-state index contributed by atoms with van der Waals surface area (Å²) in [6.45, 7) is 5.70. The first kappa shape index (κ1) is 14.2. The van der Waals surface area contributed by atoms with Crippen molar-refractivity contribution in [1.82, 2.24) is 9.80 Å². The summed E-state index contributed by atoms with van der Waals surface area (Å²) in [7, 11) is 0. The molecule has 0 spiro atoms. The van der Waals surface area contributed by atoms with E-state index in [-0.39, 0.29) is 5.75 Å². The third-order valence-electron chi connectivity index (χ3n) is 4.35. The monoisotopic (exact) mass is 290 g/mol. The highest BCUT2D eigenvalue weighted by Crippen LogP contribution is 2.31. The Morgan fingerprint density at radius 3 is 3.05 bits per heavy atom. The van der Waals surface area contributed by atoms with E-state index in [0.717, 1.165) is 31.6 Å². The second kappa shape index (κ2) is 5.93. The number of carbonyl (C=O) groups is 1. The van der Waals surface area contributed by atoms with E-state index in [9.17, 15) is 9.90 Å². The first-order chi connectivity index (χ1) is 10.2. The third kappa shape index (κ3) is 2.83. The van der Waals surface area contributed by atoms with Crippen molar-refractivity contribution < 1.29 is 14.6 Å². The Morgan fingerprint density at radius 1 is 1.38 bits per heavy atom. The maximum Gasteiger partial charge on any atom is 0.222 e. The largest absolute Gasteiger partial charge is 0.504 e. The number of benzene rings is 1. The molecule has 1 aromatic rings. The predicted molar refractivity (Wildman–Crippen MR) is 79.3 cm³/mol. The fourth-order valence-corrected chi connectivity index (χ4v) is 3.28. The van der Waals surface area contributed by atoms with Gasteiger partial charge in [0, 0.05) is 44.2 Å². The first-order valence-electron chi connectivity index (χ1n) is 7.64. The minimum absolute atomic E-state index is 0.240. The smallest absolute Gasteiger partial charge is 0.222 e. The first-order valence-corrected chi connectivity index (χ1v) is 7.64. The molecule has 0 aliphatic carbocycles. The standard InChI is InChI=1S/C16H22N2O3/c1-2-21-14-5-3-4-12(16(14)20)10-17-8-9-18-13(11-17)6-7-15(18)19/h3-5,13,20H,2,6-11H2,1H3. The van der Waals surface area contributed by atoms with Gasteiger partial charge in [0.1, 0.15) is 0 Å². The molecule has 0 bridgehead atoms. The van der Waals surface area contributed by atoms with Crippen molar-refractivity contribution in [2.24, 2.45) is 0 Å². The molecular formula is C16H22N2O3. The molecule has 3 rings (SSSR count). The van der Waals surface area contributed by atoms with Crippen LogP contribution in [0.1, 0.15) is 25.3 Å². The van der Waals surface area contributed by atoms with E-state index >= 15 is 0 Å². The third-order valence-corrected chi connectivity index (χ3v) is 4.35. The van der Waals surface area contributed by atoms with E-state index < -0.39 is 0 Å². The average molecular weight is 290 g/mol. The molecule has 5 heteroatoms. The lowest BCUT2D eigenvalue weighted by atomic mass is 10.1. The highest BCUT2D eigenvalue weighted by atomic mass is 16.5. The summed E-state index contributed by atoms with van der Waals surface area (Å²) < 4.78 is 5.43. The van der Waals surface area contributed by atoms with Crippen LogP contribution in [0.3, 0.4) is 0 Å². The number of hydrogen-bond acceptors (Lipinski definition) is 4. The van der Waals surface area contributed by atoms with Gasteiger partial charge in [0.2, 0.25) is 5.91 Å². The van der Waals surface area contributed by atoms with Crippen molar-refractivity contribution >= 4 is 5.91 Å². The number of phenols is 1. The van der Waals surface area contributed by atoms with E-state index in [1.54, 1.807) is 6.07 Å². The summed E-state index contributed by atoms with van der Waals surface area (Å²) in [6, 6.07) is 5.98. The number of carbonyl (C=O) groups excluding carboxylic acids is 1. The van der Waals surface area contributed by atoms with Gasteiger partial charge in [0.05, 0.1) is 6.61 Å². The van der Waals surface area contributed by atoms with Gasteiger partial charge in [0.15, 0.2) is 11.5 Å². The summed E-state index contributed by atoms with van der Waals surface area (Å²) in [5.74, 6) is 1.08. The number of aromatic hydroxyl groups is 1. The van der Waals surface area contributed by atoms with Gasteiger partial charge in [-0.2, -0.15) is 0 Å². The van der Waals surface area contributed by atoms with Crippen LogP contribution in [-0.2, 0) is 11.3 Å². The number of rotatable bonds is 4. The van der Waals surface area contributed by atoms with Crippen LogP contribution in [0.4, 0.5) is 0 Å². The molecule has 0 aromatic heterocycles. The van der Waals surface area contributed by atoms with Gasteiger partial charge in [-0.05, 0) is 19.4 Å². The van der Waals surface area contributed by atoms with Crippen LogP contribution in [0.25, 0.3) is 0 Å². The molecule has 1 unspecified atom stereocenters. The molecule has 5 nitrogen and oxygen atoms in total. The van der Waals surface area contributed by atoms with E-state index in [4.69, 9.17) is 4.74 Å². The number of para-hydroxylation sites is 1. The van der Waals surface area contributed by atoms with Crippen LogP contribution in [-0.4, -0.2) is 53.1 Å². The molecule has 2 saturated heterocycles. The van der Waals surface area contributed by atoms with Gasteiger partial charge < -0.3 is 14.7 Å². The van der Waals surface area contributed by atoms with Crippen LogP contribution in [0.15, 0.2) is 18.2 Å². The Kier molecular flexibility index (Phi) is 4.01. The van der Waals surface area contributed by atoms with Gasteiger partial charge in [-0.15, -0.1) is 0 Å². The molecule has 2 fully saturated rings. The van der Waals surface area contributed by atoms with E-state index in [0.29, 0.717) is 37.3 Å². The maximum atomic E-state index is 11.7. The normalized spacial score (nSPS) is 22.4. The maximum absolute atomic E-state index is 11.7. The summed E-state index contributed by atoms with van der Waals surface area (Å²) in [5.41, 5.74) is 0.888. The van der Waals surface area contributed by atoms with Crippen molar-refractivity contribution in [3.63, 3.8) is 0 Å². The lowest BCUT2D eigenvalue weighted by molar-refractivity contribution is -0.130. The zero-order valence-corrected chi connectivity index (χ0v) is 12.4. The molecule has 2 heterocycles. The molecule has 1 amide bonds. The minimum Gasteiger partial charge on any atom is -0.504 e. The van der Waals surface area contributed by atoms with Crippen LogP contribution in [0.2, 0.25) is 0 Å². The van der Waals surface area contributed by atoms with Gasteiger partial charge >= 0.3 is 0 Å². The molecule has 1 N–H and O–H groups in total. The Balaban J connectivity index is 1.67. The van der Waals surface area contributed by atoms with E-state index in [1.165, 1.54) is 0 Å². The SMILES string of the molecule is CCOc1cccc(CN2CCN3C(=O)CCC3C2)c1O. The molecule has 2 aliphatic heterocycles. The molecular weight excluding hydrogens is 268 g/mol. The highest BCUT2D eigenvalue weighted by molar-refractivity contribution is 5.78. The number of hydrogen-bond donors (Lipinski definition) is 1. The Morgan fingerprint density at radius 2 is 2.24 bits per heavy atom. The number of phenolic OH excluding ortho intramolecular Hbond substituents is 1.